The highest BCUT2D eigenvalue weighted by atomic mass is 14.2. The lowest BCUT2D eigenvalue weighted by atomic mass is 10.0. The fourth-order valence-corrected chi connectivity index (χ4v) is 7.38. The molecule has 0 aromatic heterocycles. The molecule has 0 spiro atoms. The van der Waals surface area contributed by atoms with Crippen LogP contribution in [0.15, 0.2) is 78.9 Å². The Balaban J connectivity index is 0.000000590. The first-order valence-corrected chi connectivity index (χ1v) is 39.2. The second-order valence-electron chi connectivity index (χ2n) is 21.8. The molecule has 5 aromatic rings. The fourth-order valence-electron chi connectivity index (χ4n) is 7.38. The third-order valence-corrected chi connectivity index (χ3v) is 12.5. The molecular formula is C144H31+. The molecule has 1 aliphatic carbocycles. The predicted octanol–water partition coefficient (Wildman–Crippen LogP) is 8.73. The number of hydrogen-bond acceptors (Lipinski definition) is 0. The number of benzene rings is 4. The largest absolute Gasteiger partial charge is 0.104 e. The minimum absolute atomic E-state index is 1.28. The van der Waals surface area contributed by atoms with Gasteiger partial charge in [0.2, 0.25) is 0 Å². The standard InChI is InChI=1S/2C60H6.C13H12.C11H7/c2*1-3-5-7-9-11-13-15-17-19-21-23-25-27-29-31-33-35-37-39-41-43-45-47-49-51-53-55-57-59-60-58-56-54-52-50-48-46-44-42-40-38-36-34-32-30-28-26-24-22-20-18-16-14-12-10-8-6-4-2;1-2-5-11-9-13-7-3-6-12(13)8-10(11)4-1;1-2-4-9-6-11-7-10(11)5-8(9)3-1/h2*1-2H3;1-2,4-5,8-9H,3,6-7H2;1-7H/q;;;+1. The van der Waals surface area contributed by atoms with E-state index in [4.69, 9.17) is 0 Å². The third-order valence-electron chi connectivity index (χ3n) is 12.5. The van der Waals surface area contributed by atoms with Crippen LogP contribution >= 0.6 is 0 Å². The molecule has 0 heterocycles. The lowest BCUT2D eigenvalue weighted by Gasteiger charge is -2.02. The van der Waals surface area contributed by atoms with Gasteiger partial charge in [0, 0.05) is 515 Å². The number of aryl methyl sites for hydroxylation is 2. The van der Waals surface area contributed by atoms with Crippen LogP contribution in [0.4, 0.5) is 0 Å². The molecule has 144 heavy (non-hydrogen) atoms. The van der Waals surface area contributed by atoms with Crippen molar-refractivity contribution in [3.8, 4) is 687 Å². The van der Waals surface area contributed by atoms with Gasteiger partial charge in [-0.25, -0.2) is 0 Å². The molecule has 0 aliphatic heterocycles. The highest BCUT2D eigenvalue weighted by molar-refractivity contribution is 6.07. The van der Waals surface area contributed by atoms with Crippen molar-refractivity contribution in [2.24, 2.45) is 0 Å². The Kier molecular flexibility index (Phi) is 69.5. The molecule has 0 radical (unpaired) electrons. The van der Waals surface area contributed by atoms with E-state index in [9.17, 15) is 0 Å². The average Bonchev–Trinajstić information content (AvgIpc) is 1.63. The second kappa shape index (κ2) is 91.0. The van der Waals surface area contributed by atoms with Crippen LogP contribution in [-0.2, 0) is 12.8 Å². The van der Waals surface area contributed by atoms with Gasteiger partial charge in [-0.3, -0.25) is 0 Å². The van der Waals surface area contributed by atoms with Gasteiger partial charge in [-0.15, -0.1) is 0 Å². The van der Waals surface area contributed by atoms with Gasteiger partial charge in [-0.2, -0.15) is 0 Å². The molecule has 0 N–H and O–H groups in total. The summed E-state index contributed by atoms with van der Waals surface area (Å²) in [6.07, 6.45) is 3.89. The van der Waals surface area contributed by atoms with Crippen LogP contribution in [-0.4, -0.2) is 0 Å². The van der Waals surface area contributed by atoms with Crippen molar-refractivity contribution >= 4 is 32.3 Å². The topological polar surface area (TPSA) is 0 Å². The minimum atomic E-state index is 1.28. The van der Waals surface area contributed by atoms with Gasteiger partial charge in [-0.1, -0.05) is 60.1 Å². The minimum Gasteiger partial charge on any atom is -0.0925 e. The first-order valence-electron chi connectivity index (χ1n) is 39.2. The van der Waals surface area contributed by atoms with Gasteiger partial charge >= 0.3 is 0 Å². The van der Waals surface area contributed by atoms with Crippen molar-refractivity contribution < 1.29 is 0 Å². The third kappa shape index (κ3) is 74.0. The van der Waals surface area contributed by atoms with Gasteiger partial charge in [0.05, 0.1) is 5.39 Å². The van der Waals surface area contributed by atoms with Crippen molar-refractivity contribution in [1.82, 2.24) is 0 Å². The molecule has 1 aliphatic rings. The summed E-state index contributed by atoms with van der Waals surface area (Å²) >= 11 is 0. The van der Waals surface area contributed by atoms with Crippen molar-refractivity contribution in [3.05, 3.63) is 90.0 Å². The van der Waals surface area contributed by atoms with Crippen molar-refractivity contribution in [1.29, 1.82) is 0 Å². The Morgan fingerprint density at radius 1 is 0.132 bits per heavy atom. The zero-order chi connectivity index (χ0) is 102. The van der Waals surface area contributed by atoms with E-state index in [1.807, 2.05) is 0 Å². The lowest BCUT2D eigenvalue weighted by molar-refractivity contribution is 0.912. The average molecular weight is 1760 g/mol. The highest BCUT2D eigenvalue weighted by Crippen LogP contribution is 2.29. The summed E-state index contributed by atoms with van der Waals surface area (Å²) in [6.45, 7) is 6.74. The predicted molar refractivity (Wildman–Crippen MR) is 578 cm³/mol. The van der Waals surface area contributed by atoms with E-state index in [-0.39, 0.29) is 0 Å². The van der Waals surface area contributed by atoms with Crippen LogP contribution in [0.2, 0.25) is 0 Å². The first-order chi connectivity index (χ1) is 71.7. The van der Waals surface area contributed by atoms with E-state index in [0.29, 0.717) is 0 Å². The second-order valence-corrected chi connectivity index (χ2v) is 21.8. The van der Waals surface area contributed by atoms with E-state index in [1.54, 1.807) is 38.8 Å². The maximum absolute atomic E-state index is 2.63. The quantitative estimate of drug-likeness (QED) is 0.108. The highest BCUT2D eigenvalue weighted by Gasteiger charge is 2.11. The van der Waals surface area contributed by atoms with Gasteiger partial charge < -0.3 is 0 Å². The van der Waals surface area contributed by atoms with Gasteiger partial charge in [0.1, 0.15) is 5.39 Å². The van der Waals surface area contributed by atoms with Crippen LogP contribution < -0.4 is 0 Å². The summed E-state index contributed by atoms with van der Waals surface area (Å²) in [4.78, 5) is 0. The fraction of sp³-hybridized carbons (Fsp3) is 0.0486. The molecule has 0 saturated heterocycles. The van der Waals surface area contributed by atoms with Crippen molar-refractivity contribution in [3.63, 3.8) is 0 Å². The van der Waals surface area contributed by atoms with E-state index in [0.717, 1.165) is 0 Å². The summed E-state index contributed by atoms with van der Waals surface area (Å²) in [5, 5.41) is 8.29. The maximum Gasteiger partial charge on any atom is 0.104 e. The smallest absolute Gasteiger partial charge is 0.0925 e. The van der Waals surface area contributed by atoms with Crippen LogP contribution in [0.25, 0.3) is 32.3 Å². The molecule has 0 atom stereocenters. The Hall–Kier alpha value is -28.2. The molecule has 5 aromatic carbocycles. The van der Waals surface area contributed by atoms with Gasteiger partial charge in [-0.05, 0) is 270 Å². The van der Waals surface area contributed by atoms with E-state index >= 15 is 0 Å². The summed E-state index contributed by atoms with van der Waals surface area (Å²) in [5.41, 5.74) is 3.14. The molecule has 606 valence electrons. The molecule has 0 amide bonds. The van der Waals surface area contributed by atoms with Crippen molar-refractivity contribution in [2.75, 3.05) is 0 Å². The summed E-state index contributed by atoms with van der Waals surface area (Å²) in [7, 11) is 0. The molecule has 0 fully saturated rings. The summed E-state index contributed by atoms with van der Waals surface area (Å²) in [5.74, 6) is 291. The Labute approximate surface area is 849 Å². The zero-order valence-electron chi connectivity index (χ0n) is 75.6. The Bertz CT molecular complexity index is 9350. The van der Waals surface area contributed by atoms with Crippen LogP contribution in [0.5, 0.6) is 0 Å². The van der Waals surface area contributed by atoms with Gasteiger partial charge in [0.15, 0.2) is 0 Å². The SMILES string of the molecule is CC#CC#CC#CC#CC#CC#CC#CC#CC#CC#CC#CC#CC#CC#CC#CC#CC#CC#CC#CC#CC#CC#CC#CC#CC#CC#CC#CC#CC#CC.CC#CC#CC#CC#CC#CC#CC#CC#CC#CC#CC#CC#CC#CC#CC#CC#CC#CC#CC#CC#CC#CC#CC#CC#CC#CC#CC#CC#CC#CC.c1c[cH+]c2cc3cc3cc2c1.c1ccc2cc3c(cc2c1)CCC3. The first kappa shape index (κ1) is 110. The molecule has 0 bridgehead atoms. The normalized spacial score (nSPS) is 5.53. The zero-order valence-corrected chi connectivity index (χ0v) is 75.6. The Morgan fingerprint density at radius 3 is 0.403 bits per heavy atom. The summed E-state index contributed by atoms with van der Waals surface area (Å²) in [6, 6.07) is 28.5. The monoisotopic (exact) mass is 1760 g/mol. The molecule has 0 saturated carbocycles. The van der Waals surface area contributed by atoms with Crippen LogP contribution in [0.3, 0.4) is 0 Å². The number of rotatable bonds is 0. The molecule has 0 unspecified atom stereocenters. The molecule has 0 heteroatoms. The van der Waals surface area contributed by atoms with E-state index in [1.165, 1.54) is 51.6 Å². The van der Waals surface area contributed by atoms with Crippen LogP contribution in [0, 0.1) is 687 Å². The van der Waals surface area contributed by atoms with Gasteiger partial charge in [0.25, 0.3) is 0 Å². The van der Waals surface area contributed by atoms with E-state index < -0.39 is 0 Å². The number of fused-ring (bicyclic) bond motifs is 4. The maximum atomic E-state index is 2.63. The molecule has 0 nitrogen and oxygen atoms in total. The summed E-state index contributed by atoms with van der Waals surface area (Å²) < 4.78 is 0. The Morgan fingerprint density at radius 2 is 0.257 bits per heavy atom. The van der Waals surface area contributed by atoms with Crippen LogP contribution in [0.1, 0.15) is 45.2 Å². The molecule has 6 rings (SSSR count). The lowest BCUT2D eigenvalue weighted by Crippen LogP contribution is -1.82. The molecular weight excluding hydrogens is 1730 g/mol. The van der Waals surface area contributed by atoms with Crippen molar-refractivity contribution in [2.45, 2.75) is 47.0 Å². The van der Waals surface area contributed by atoms with E-state index in [2.05, 4.69) is 766 Å². The number of hydrogen-bond donors (Lipinski definition) is 0.